The molecule has 0 aromatic heterocycles. The van der Waals surface area contributed by atoms with Gasteiger partial charge < -0.3 is 15.2 Å². The first-order chi connectivity index (χ1) is 14.0. The van der Waals surface area contributed by atoms with E-state index >= 15 is 0 Å². The summed E-state index contributed by atoms with van der Waals surface area (Å²) in [6.07, 6.45) is 0.826. The second-order valence-corrected chi connectivity index (χ2v) is 7.53. The van der Waals surface area contributed by atoms with E-state index < -0.39 is 11.4 Å². The second-order valence-electron chi connectivity index (χ2n) is 7.12. The molecule has 1 amide bonds. The van der Waals surface area contributed by atoms with E-state index in [2.05, 4.69) is 10.6 Å². The highest BCUT2D eigenvalue weighted by Gasteiger charge is 2.50. The van der Waals surface area contributed by atoms with Crippen molar-refractivity contribution in [1.82, 2.24) is 10.6 Å². The summed E-state index contributed by atoms with van der Waals surface area (Å²) in [5.41, 5.74) is -0.118. The topological polar surface area (TPSA) is 70.6 Å². The van der Waals surface area contributed by atoms with Crippen molar-refractivity contribution in [2.75, 3.05) is 13.2 Å². The maximum Gasteiger partial charge on any atom is 0.257 e. The Kier molecular flexibility index (Phi) is 6.95. The monoisotopic (exact) mass is 416 g/mol. The molecule has 154 valence electrons. The third-order valence-electron chi connectivity index (χ3n) is 5.37. The Morgan fingerprint density at radius 2 is 1.93 bits per heavy atom. The van der Waals surface area contributed by atoms with E-state index in [9.17, 15) is 14.3 Å². The van der Waals surface area contributed by atoms with Crippen molar-refractivity contribution in [1.29, 1.82) is 0 Å². The number of benzene rings is 2. The number of ether oxygens (including phenoxy) is 1. The minimum atomic E-state index is -0.985. The molecule has 1 fully saturated rings. The fourth-order valence-corrected chi connectivity index (χ4v) is 4.37. The highest BCUT2D eigenvalue weighted by molar-refractivity contribution is 7.80. The van der Waals surface area contributed by atoms with Gasteiger partial charge in [-0.15, -0.1) is 0 Å². The van der Waals surface area contributed by atoms with Crippen LogP contribution in [-0.2, 0) is 10.3 Å². The number of hydrogen-bond acceptors (Lipinski definition) is 4. The smallest absolute Gasteiger partial charge is 0.257 e. The Balaban J connectivity index is 1.89. The van der Waals surface area contributed by atoms with Gasteiger partial charge in [0, 0.05) is 36.7 Å². The Bertz CT molecular complexity index is 864. The third-order valence-corrected chi connectivity index (χ3v) is 5.57. The zero-order valence-corrected chi connectivity index (χ0v) is 17.0. The van der Waals surface area contributed by atoms with Crippen LogP contribution in [0.3, 0.4) is 0 Å². The quantitative estimate of drug-likeness (QED) is 0.631. The minimum absolute atomic E-state index is 0.0812. The lowest BCUT2D eigenvalue weighted by Gasteiger charge is -2.37. The van der Waals surface area contributed by atoms with Crippen LogP contribution in [0.15, 0.2) is 54.6 Å². The number of thiocarbonyl (C=S) groups is 1. The summed E-state index contributed by atoms with van der Waals surface area (Å²) in [5, 5.41) is 16.0. The lowest BCUT2D eigenvalue weighted by molar-refractivity contribution is 0.0607. The van der Waals surface area contributed by atoms with Crippen LogP contribution in [0.25, 0.3) is 0 Å². The molecule has 0 saturated heterocycles. The van der Waals surface area contributed by atoms with Crippen LogP contribution >= 0.6 is 12.2 Å². The zero-order chi connectivity index (χ0) is 20.9. The maximum atomic E-state index is 14.8. The number of amides is 1. The van der Waals surface area contributed by atoms with Gasteiger partial charge in [0.25, 0.3) is 5.91 Å². The first-order valence-electron chi connectivity index (χ1n) is 9.66. The average molecular weight is 417 g/mol. The maximum absolute atomic E-state index is 14.8. The van der Waals surface area contributed by atoms with E-state index in [-0.39, 0.29) is 29.6 Å². The molecule has 1 unspecified atom stereocenters. The molecule has 0 bridgehead atoms. The fourth-order valence-electron chi connectivity index (χ4n) is 4.09. The molecule has 7 heteroatoms. The van der Waals surface area contributed by atoms with Crippen molar-refractivity contribution in [3.05, 3.63) is 71.5 Å². The predicted molar refractivity (Wildman–Crippen MR) is 113 cm³/mol. The first-order valence-corrected chi connectivity index (χ1v) is 10.1. The van der Waals surface area contributed by atoms with Gasteiger partial charge in [0.2, 0.25) is 0 Å². The molecule has 3 rings (SSSR count). The third kappa shape index (κ3) is 4.63. The SMILES string of the molecule is CCO[C@H]1CC(CO)[C@](NC(=S)NC(=O)c2ccccc2)(c2ccccc2F)C1. The van der Waals surface area contributed by atoms with Crippen LogP contribution in [0, 0.1) is 11.7 Å². The molecular weight excluding hydrogens is 391 g/mol. The Hall–Kier alpha value is -2.35. The summed E-state index contributed by atoms with van der Waals surface area (Å²) < 4.78 is 20.6. The zero-order valence-electron chi connectivity index (χ0n) is 16.2. The second kappa shape index (κ2) is 9.43. The molecule has 2 aromatic rings. The number of carbonyl (C=O) groups excluding carboxylic acids is 1. The van der Waals surface area contributed by atoms with E-state index in [1.165, 1.54) is 6.07 Å². The lowest BCUT2D eigenvalue weighted by Crippen LogP contribution is -2.54. The Labute approximate surface area is 175 Å². The van der Waals surface area contributed by atoms with Crippen LogP contribution in [-0.4, -0.2) is 35.4 Å². The molecule has 1 aliphatic carbocycles. The lowest BCUT2D eigenvalue weighted by atomic mass is 9.80. The summed E-state index contributed by atoms with van der Waals surface area (Å²) in [6, 6.07) is 15.1. The average Bonchev–Trinajstić information content (AvgIpc) is 3.06. The minimum Gasteiger partial charge on any atom is -0.396 e. The molecule has 1 saturated carbocycles. The van der Waals surface area contributed by atoms with Gasteiger partial charge in [-0.25, -0.2) is 4.39 Å². The van der Waals surface area contributed by atoms with E-state index in [0.29, 0.717) is 30.6 Å². The molecule has 3 N–H and O–H groups in total. The molecule has 0 heterocycles. The molecule has 29 heavy (non-hydrogen) atoms. The van der Waals surface area contributed by atoms with E-state index in [0.717, 1.165) is 0 Å². The Morgan fingerprint density at radius 1 is 1.24 bits per heavy atom. The summed E-state index contributed by atoms with van der Waals surface area (Å²) in [6.45, 7) is 2.25. The molecule has 0 aliphatic heterocycles. The molecule has 1 aliphatic rings. The number of aliphatic hydroxyl groups is 1. The van der Waals surface area contributed by atoms with Gasteiger partial charge in [-0.1, -0.05) is 36.4 Å². The van der Waals surface area contributed by atoms with Crippen LogP contribution in [0.1, 0.15) is 35.7 Å². The Morgan fingerprint density at radius 3 is 2.59 bits per heavy atom. The van der Waals surface area contributed by atoms with E-state index in [1.807, 2.05) is 13.0 Å². The molecule has 0 spiro atoms. The fraction of sp³-hybridized carbons (Fsp3) is 0.364. The van der Waals surface area contributed by atoms with Crippen LogP contribution in [0.5, 0.6) is 0 Å². The normalized spacial score (nSPS) is 23.6. The molecular formula is C22H25FN2O3S. The summed E-state index contributed by atoms with van der Waals surface area (Å²) in [7, 11) is 0. The molecule has 2 aromatic carbocycles. The van der Waals surface area contributed by atoms with Crippen molar-refractivity contribution >= 4 is 23.2 Å². The molecule has 3 atom stereocenters. The van der Waals surface area contributed by atoms with Crippen LogP contribution < -0.4 is 10.6 Å². The largest absolute Gasteiger partial charge is 0.396 e. The van der Waals surface area contributed by atoms with Crippen molar-refractivity contribution < 1.29 is 19.0 Å². The number of aliphatic hydroxyl groups excluding tert-OH is 1. The number of halogens is 1. The number of carbonyl (C=O) groups is 1. The summed E-state index contributed by atoms with van der Waals surface area (Å²) >= 11 is 5.40. The van der Waals surface area contributed by atoms with Crippen molar-refractivity contribution in [3.63, 3.8) is 0 Å². The van der Waals surface area contributed by atoms with E-state index in [4.69, 9.17) is 17.0 Å². The number of rotatable bonds is 6. The van der Waals surface area contributed by atoms with Gasteiger partial charge in [0.1, 0.15) is 5.82 Å². The van der Waals surface area contributed by atoms with Gasteiger partial charge in [-0.2, -0.15) is 0 Å². The van der Waals surface area contributed by atoms with Crippen LogP contribution in [0.2, 0.25) is 0 Å². The molecule has 5 nitrogen and oxygen atoms in total. The van der Waals surface area contributed by atoms with Crippen molar-refractivity contribution in [3.8, 4) is 0 Å². The van der Waals surface area contributed by atoms with Crippen molar-refractivity contribution in [2.45, 2.75) is 31.4 Å². The standard InChI is InChI=1S/C22H25FN2O3S/c1-2-28-17-12-16(14-26)22(13-17,18-10-6-7-11-19(18)23)25-21(29)24-20(27)15-8-4-3-5-9-15/h3-11,16-17,26H,2,12-14H2,1H3,(H2,24,25,27,29)/t16?,17-,22-/m0/s1. The van der Waals surface area contributed by atoms with Gasteiger partial charge in [0.05, 0.1) is 11.6 Å². The van der Waals surface area contributed by atoms with Crippen molar-refractivity contribution in [2.24, 2.45) is 5.92 Å². The number of hydrogen-bond donors (Lipinski definition) is 3. The van der Waals surface area contributed by atoms with Gasteiger partial charge in [-0.3, -0.25) is 10.1 Å². The summed E-state index contributed by atoms with van der Waals surface area (Å²) in [4.78, 5) is 12.5. The van der Waals surface area contributed by atoms with Crippen LogP contribution in [0.4, 0.5) is 4.39 Å². The van der Waals surface area contributed by atoms with Gasteiger partial charge in [-0.05, 0) is 43.8 Å². The van der Waals surface area contributed by atoms with E-state index in [1.54, 1.807) is 42.5 Å². The molecule has 0 radical (unpaired) electrons. The van der Waals surface area contributed by atoms with Gasteiger partial charge in [0.15, 0.2) is 5.11 Å². The van der Waals surface area contributed by atoms with Gasteiger partial charge >= 0.3 is 0 Å². The predicted octanol–water partition coefficient (Wildman–Crippen LogP) is 3.13. The highest BCUT2D eigenvalue weighted by atomic mass is 32.1. The summed E-state index contributed by atoms with van der Waals surface area (Å²) in [5.74, 6) is -1.08. The number of nitrogens with one attached hydrogen (secondary N) is 2. The first kappa shape index (κ1) is 21.4. The highest BCUT2D eigenvalue weighted by Crippen LogP contribution is 2.45.